The van der Waals surface area contributed by atoms with Crippen LogP contribution in [0.15, 0.2) is 13.4 Å². The van der Waals surface area contributed by atoms with Gasteiger partial charge in [-0.05, 0) is 140 Å². The van der Waals surface area contributed by atoms with Gasteiger partial charge < -0.3 is 13.4 Å². The van der Waals surface area contributed by atoms with Gasteiger partial charge in [-0.3, -0.25) is 0 Å². The molecule has 0 fully saturated rings. The zero-order valence-corrected chi connectivity index (χ0v) is 62.8. The highest BCUT2D eigenvalue weighted by Crippen LogP contribution is 2.35. The Bertz CT molecular complexity index is 2450. The van der Waals surface area contributed by atoms with E-state index in [1.54, 1.807) is 23.1 Å². The smallest absolute Gasteiger partial charge is 0.191 e. The molecule has 0 N–H and O–H groups in total. The first-order valence-electron chi connectivity index (χ1n) is 31.5. The number of aryl methyl sites for hydroxylation is 7. The van der Waals surface area contributed by atoms with Crippen LogP contribution in [0.5, 0.6) is 0 Å². The fraction of sp³-hybridized carbons (Fsp3) is 0.700. The number of hydrogen-bond acceptors (Lipinski definition) is 14. The molecule has 0 aliphatic carbocycles. The maximum Gasteiger partial charge on any atom is 0.191 e. The van der Waals surface area contributed by atoms with Crippen molar-refractivity contribution in [3.8, 4) is 0 Å². The predicted octanol–water partition coefficient (Wildman–Crippen LogP) is 24.5. The summed E-state index contributed by atoms with van der Waals surface area (Å²) in [6.45, 7) is 75.6. The van der Waals surface area contributed by atoms with Crippen molar-refractivity contribution in [1.29, 1.82) is 0 Å². The fourth-order valence-corrected chi connectivity index (χ4v) is 13.9. The van der Waals surface area contributed by atoms with E-state index in [4.69, 9.17) is 13.4 Å². The zero-order chi connectivity index (χ0) is 65.1. The van der Waals surface area contributed by atoms with E-state index in [9.17, 15) is 0 Å². The van der Waals surface area contributed by atoms with Gasteiger partial charge in [0.25, 0.3) is 0 Å². The van der Waals surface area contributed by atoms with Crippen molar-refractivity contribution in [3.63, 3.8) is 0 Å². The Morgan fingerprint density at radius 1 is 0.298 bits per heavy atom. The van der Waals surface area contributed by atoms with E-state index in [0.29, 0.717) is 82.9 Å². The summed E-state index contributed by atoms with van der Waals surface area (Å²) in [4.78, 5) is 23.6. The third kappa shape index (κ3) is 24.0. The van der Waals surface area contributed by atoms with Crippen LogP contribution in [0.4, 0.5) is 0 Å². The summed E-state index contributed by atoms with van der Waals surface area (Å²) >= 11 is 6.98. The van der Waals surface area contributed by atoms with Crippen molar-refractivity contribution < 1.29 is 13.4 Å². The molecule has 14 heteroatoms. The summed E-state index contributed by atoms with van der Waals surface area (Å²) in [7, 11) is 0. The molecule has 7 aromatic heterocycles. The molecule has 7 rings (SSSR count). The topological polar surface area (TPSA) is 130 Å². The monoisotopic (exact) mass is 1230 g/mol. The molecule has 0 atom stereocenters. The Morgan fingerprint density at radius 2 is 0.643 bits per heavy atom. The van der Waals surface area contributed by atoms with Crippen LogP contribution in [0, 0.1) is 48.5 Å². The normalized spacial score (nSPS) is 11.6. The molecule has 0 bridgehead atoms. The first-order valence-corrected chi connectivity index (χ1v) is 34.6. The van der Waals surface area contributed by atoms with Gasteiger partial charge in [-0.25, -0.2) is 19.9 Å². The number of oxazole rings is 2. The lowest BCUT2D eigenvalue weighted by atomic mass is 9.96. The van der Waals surface area contributed by atoms with Gasteiger partial charge in [-0.15, -0.1) is 22.7 Å². The van der Waals surface area contributed by atoms with Crippen LogP contribution in [0.2, 0.25) is 0 Å². The minimum atomic E-state index is 0.434. The van der Waals surface area contributed by atoms with E-state index in [2.05, 4.69) is 255 Å². The molecule has 10 nitrogen and oxygen atoms in total. The minimum Gasteiger partial charge on any atom is -0.445 e. The molecule has 0 saturated carbocycles. The van der Waals surface area contributed by atoms with Crippen LogP contribution < -0.4 is 0 Å². The van der Waals surface area contributed by atoms with Crippen LogP contribution in [0.1, 0.15) is 392 Å². The van der Waals surface area contributed by atoms with Crippen LogP contribution in [-0.4, -0.2) is 33.8 Å². The molecule has 84 heavy (non-hydrogen) atoms. The van der Waals surface area contributed by atoms with Gasteiger partial charge in [0, 0.05) is 50.8 Å². The lowest BCUT2D eigenvalue weighted by molar-refractivity contribution is 0.387. The average Bonchev–Trinajstić information content (AvgIpc) is 4.40. The van der Waals surface area contributed by atoms with Crippen molar-refractivity contribution in [2.45, 2.75) is 325 Å². The summed E-state index contributed by atoms with van der Waals surface area (Å²) in [6.07, 6.45) is 0. The Kier molecular flexibility index (Phi) is 33.9. The summed E-state index contributed by atoms with van der Waals surface area (Å²) in [5, 5.41) is 6.45. The van der Waals surface area contributed by atoms with Crippen molar-refractivity contribution in [1.82, 2.24) is 33.8 Å². The third-order valence-electron chi connectivity index (χ3n) is 13.6. The molecule has 7 aromatic rings. The molecule has 0 amide bonds. The Morgan fingerprint density at radius 3 is 0.881 bits per heavy atom. The maximum absolute atomic E-state index is 5.53. The largest absolute Gasteiger partial charge is 0.445 e. The molecular weight excluding hydrogens is 1120 g/mol. The van der Waals surface area contributed by atoms with Gasteiger partial charge in [0.2, 0.25) is 0 Å². The average molecular weight is 1240 g/mol. The number of thiazole rings is 2. The summed E-state index contributed by atoms with van der Waals surface area (Å²) in [5.41, 5.74) is 12.7. The van der Waals surface area contributed by atoms with Gasteiger partial charge >= 0.3 is 0 Å². The molecule has 0 saturated heterocycles. The minimum absolute atomic E-state index is 0.434. The molecule has 0 radical (unpaired) electrons. The standard InChI is InChI=1S/3C10H17NO.4C10H17NS/c2*1-6(2)9-10(7(3)4)12-8(5)11-9;1-6(2)9-8(5)12-11-10(9)7(3)4;2*1-6(2)9-10(7(3)4)12-8(5)11-9;1-6(2)9-8(5)12-11-10(9)7(3)4;1-6(2)9-8(5)11-12-10(9)7(3)4/h7*6-7H,1-5H3. The number of rotatable bonds is 14. The third-order valence-corrected chi connectivity index (χ3v) is 18.2. The molecule has 0 unspecified atom stereocenters. The van der Waals surface area contributed by atoms with E-state index in [1.807, 2.05) is 43.4 Å². The number of nitrogens with zero attached hydrogens (tertiary/aromatic N) is 7. The summed E-state index contributed by atoms with van der Waals surface area (Å²) in [5.74, 6) is 12.1. The Labute approximate surface area is 529 Å². The van der Waals surface area contributed by atoms with Crippen LogP contribution in [-0.2, 0) is 0 Å². The van der Waals surface area contributed by atoms with Crippen molar-refractivity contribution in [2.75, 3.05) is 0 Å². The molecule has 0 aliphatic rings. The maximum atomic E-state index is 5.53. The Balaban J connectivity index is 0.000000490. The van der Waals surface area contributed by atoms with Gasteiger partial charge in [0.05, 0.1) is 49.9 Å². The van der Waals surface area contributed by atoms with E-state index >= 15 is 0 Å². The van der Waals surface area contributed by atoms with Crippen LogP contribution in [0.3, 0.4) is 0 Å². The lowest BCUT2D eigenvalue weighted by Crippen LogP contribution is -1.97. The van der Waals surface area contributed by atoms with Crippen molar-refractivity contribution in [2.24, 2.45) is 0 Å². The van der Waals surface area contributed by atoms with Crippen LogP contribution >= 0.6 is 45.7 Å². The Hall–Kier alpha value is -3.85. The van der Waals surface area contributed by atoms with Gasteiger partial charge in [-0.2, -0.15) is 8.75 Å². The first-order chi connectivity index (χ1) is 38.7. The molecule has 476 valence electrons. The highest BCUT2D eigenvalue weighted by Gasteiger charge is 2.22. The zero-order valence-electron chi connectivity index (χ0n) is 59.6. The highest BCUT2D eigenvalue weighted by molar-refractivity contribution is 7.12. The number of hydrogen-bond donors (Lipinski definition) is 0. The van der Waals surface area contributed by atoms with Crippen molar-refractivity contribution in [3.05, 3.63) is 115 Å². The summed E-state index contributed by atoms with van der Waals surface area (Å²) < 4.78 is 25.1. The van der Waals surface area contributed by atoms with E-state index < -0.39 is 0 Å². The van der Waals surface area contributed by atoms with Crippen LogP contribution in [0.25, 0.3) is 0 Å². The molecule has 7 heterocycles. The quantitative estimate of drug-likeness (QED) is 0.104. The van der Waals surface area contributed by atoms with Gasteiger partial charge in [0.1, 0.15) is 17.3 Å². The number of aromatic nitrogens is 7. The summed E-state index contributed by atoms with van der Waals surface area (Å²) in [6, 6.07) is 0. The van der Waals surface area contributed by atoms with Gasteiger partial charge in [-0.1, -0.05) is 199 Å². The molecule has 0 spiro atoms. The lowest BCUT2D eigenvalue weighted by Gasteiger charge is -2.09. The SMILES string of the molecule is Cc1nc(C(C)C)c(C(C)C)o1.Cc1nc(C(C)C)c(C(C)C)o1.Cc1nc(C(C)C)c(C(C)C)s1.Cc1nc(C(C)C)c(C(C)C)s1.Cc1nsc(C(C)C)c1C(C)C.Cc1onc(C(C)C)c1C(C)C.Cc1snc(C(C)C)c1C(C)C. The predicted molar refractivity (Wildman–Crippen MR) is 368 cm³/mol. The molecular formula is C70H119N7O3S4. The van der Waals surface area contributed by atoms with Gasteiger partial charge in [0.15, 0.2) is 11.8 Å². The molecule has 0 aromatic carbocycles. The van der Waals surface area contributed by atoms with E-state index in [-0.39, 0.29) is 0 Å². The van der Waals surface area contributed by atoms with E-state index in [1.165, 1.54) is 69.0 Å². The second-order valence-corrected chi connectivity index (χ2v) is 31.0. The molecule has 0 aliphatic heterocycles. The fourth-order valence-electron chi connectivity index (χ4n) is 9.69. The van der Waals surface area contributed by atoms with E-state index in [0.717, 1.165) is 46.1 Å². The first kappa shape index (κ1) is 78.2. The highest BCUT2D eigenvalue weighted by atomic mass is 32.1. The van der Waals surface area contributed by atoms with Crippen molar-refractivity contribution >= 4 is 45.7 Å². The second-order valence-electron chi connectivity index (χ2n) is 26.7. The second kappa shape index (κ2) is 36.5.